The third kappa shape index (κ3) is 5.28. The molecule has 0 amide bonds. The molecule has 6 heteroatoms. The Bertz CT molecular complexity index is 663. The predicted molar refractivity (Wildman–Crippen MR) is 96.6 cm³/mol. The zero-order valence-electron chi connectivity index (χ0n) is 15.4. The molecule has 2 heterocycles. The highest BCUT2D eigenvalue weighted by molar-refractivity contribution is 5.28. The van der Waals surface area contributed by atoms with Crippen LogP contribution in [0.2, 0.25) is 0 Å². The molecule has 6 nitrogen and oxygen atoms in total. The molecule has 0 unspecified atom stereocenters. The minimum atomic E-state index is 0.268. The fraction of sp³-hybridized carbons (Fsp3) is 0.579. The van der Waals surface area contributed by atoms with E-state index in [0.717, 1.165) is 44.1 Å². The predicted octanol–water partition coefficient (Wildman–Crippen LogP) is 2.72. The molecule has 0 radical (unpaired) electrons. The number of aromatic nitrogens is 3. The maximum Gasteiger partial charge on any atom is 0.119 e. The van der Waals surface area contributed by atoms with Gasteiger partial charge in [0, 0.05) is 19.6 Å². The molecular weight excluding hydrogens is 316 g/mol. The lowest BCUT2D eigenvalue weighted by molar-refractivity contribution is -0.0707. The van der Waals surface area contributed by atoms with Gasteiger partial charge in [-0.05, 0) is 38.0 Å². The Balaban J connectivity index is 1.58. The molecule has 0 aliphatic carbocycles. The van der Waals surface area contributed by atoms with Crippen molar-refractivity contribution < 1.29 is 9.47 Å². The zero-order chi connectivity index (χ0) is 17.6. The quantitative estimate of drug-likeness (QED) is 0.773. The smallest absolute Gasteiger partial charge is 0.119 e. The molecule has 3 rings (SSSR count). The molecule has 25 heavy (non-hydrogen) atoms. The number of morpholine rings is 1. The fourth-order valence-corrected chi connectivity index (χ4v) is 3.27. The second-order valence-corrected chi connectivity index (χ2v) is 6.85. The molecule has 0 spiro atoms. The molecule has 1 aliphatic heterocycles. The van der Waals surface area contributed by atoms with E-state index in [1.165, 1.54) is 5.56 Å². The van der Waals surface area contributed by atoms with Crippen LogP contribution in [0.4, 0.5) is 0 Å². The third-order valence-electron chi connectivity index (χ3n) is 4.18. The van der Waals surface area contributed by atoms with E-state index < -0.39 is 0 Å². The highest BCUT2D eigenvalue weighted by atomic mass is 16.5. The Morgan fingerprint density at radius 3 is 2.76 bits per heavy atom. The summed E-state index contributed by atoms with van der Waals surface area (Å²) in [5, 5.41) is 8.60. The molecule has 1 saturated heterocycles. The first kappa shape index (κ1) is 17.9. The normalized spacial score (nSPS) is 21.4. The van der Waals surface area contributed by atoms with E-state index in [-0.39, 0.29) is 12.2 Å². The van der Waals surface area contributed by atoms with Gasteiger partial charge < -0.3 is 9.47 Å². The van der Waals surface area contributed by atoms with Crippen LogP contribution < -0.4 is 4.74 Å². The van der Waals surface area contributed by atoms with Crippen molar-refractivity contribution in [1.29, 1.82) is 0 Å². The van der Waals surface area contributed by atoms with Crippen molar-refractivity contribution in [3.8, 4) is 5.75 Å². The molecule has 136 valence electrons. The highest BCUT2D eigenvalue weighted by Crippen LogP contribution is 2.16. The van der Waals surface area contributed by atoms with Crippen LogP contribution in [-0.4, -0.2) is 51.8 Å². The number of rotatable bonds is 7. The first-order valence-electron chi connectivity index (χ1n) is 9.11. The Kier molecular flexibility index (Phi) is 6.04. The Hall–Kier alpha value is -1.92. The number of hydrogen-bond donors (Lipinski definition) is 0. The van der Waals surface area contributed by atoms with Crippen molar-refractivity contribution in [2.24, 2.45) is 0 Å². The van der Waals surface area contributed by atoms with Crippen molar-refractivity contribution in [3.63, 3.8) is 0 Å². The van der Waals surface area contributed by atoms with Gasteiger partial charge in [0.1, 0.15) is 5.75 Å². The maximum atomic E-state index is 5.78. The van der Waals surface area contributed by atoms with Gasteiger partial charge in [0.05, 0.1) is 37.3 Å². The monoisotopic (exact) mass is 344 g/mol. The average molecular weight is 344 g/mol. The number of hydrogen-bond acceptors (Lipinski definition) is 5. The van der Waals surface area contributed by atoms with Crippen LogP contribution >= 0.6 is 0 Å². The topological polar surface area (TPSA) is 52.4 Å². The molecule has 0 saturated carbocycles. The van der Waals surface area contributed by atoms with Crippen LogP contribution in [0.15, 0.2) is 30.5 Å². The van der Waals surface area contributed by atoms with Crippen molar-refractivity contribution in [2.45, 2.75) is 52.5 Å². The van der Waals surface area contributed by atoms with Gasteiger partial charge in [0.15, 0.2) is 0 Å². The summed E-state index contributed by atoms with van der Waals surface area (Å²) in [5.41, 5.74) is 2.17. The molecule has 1 fully saturated rings. The first-order valence-corrected chi connectivity index (χ1v) is 9.11. The van der Waals surface area contributed by atoms with E-state index in [1.807, 2.05) is 23.0 Å². The molecule has 2 atom stereocenters. The number of ether oxygens (including phenoxy) is 2. The average Bonchev–Trinajstić information content (AvgIpc) is 2.99. The second kappa shape index (κ2) is 8.45. The summed E-state index contributed by atoms with van der Waals surface area (Å²) in [6.07, 6.45) is 3.58. The van der Waals surface area contributed by atoms with Crippen LogP contribution in [0.5, 0.6) is 5.75 Å². The highest BCUT2D eigenvalue weighted by Gasteiger charge is 2.22. The molecule has 2 aromatic rings. The standard InChI is InChI=1S/C19H28N4O2/c1-4-8-24-19-7-5-6-17(9-19)12-23-14-18(20-21-23)13-22-10-15(2)25-16(3)11-22/h5-7,9,14-16H,4,8,10-13H2,1-3H3/t15-,16+. The molecular formula is C19H28N4O2. The van der Waals surface area contributed by atoms with E-state index >= 15 is 0 Å². The van der Waals surface area contributed by atoms with Gasteiger partial charge in [-0.3, -0.25) is 4.90 Å². The molecule has 1 aliphatic rings. The molecule has 0 bridgehead atoms. The number of benzene rings is 1. The minimum absolute atomic E-state index is 0.268. The van der Waals surface area contributed by atoms with E-state index in [9.17, 15) is 0 Å². The van der Waals surface area contributed by atoms with Crippen LogP contribution in [0.25, 0.3) is 0 Å². The minimum Gasteiger partial charge on any atom is -0.494 e. The van der Waals surface area contributed by atoms with Gasteiger partial charge in [-0.2, -0.15) is 0 Å². The largest absolute Gasteiger partial charge is 0.494 e. The maximum absolute atomic E-state index is 5.78. The van der Waals surface area contributed by atoms with Crippen LogP contribution in [0.1, 0.15) is 38.4 Å². The summed E-state index contributed by atoms with van der Waals surface area (Å²) >= 11 is 0. The lowest BCUT2D eigenvalue weighted by Crippen LogP contribution is -2.44. The summed E-state index contributed by atoms with van der Waals surface area (Å²) in [6, 6.07) is 8.18. The van der Waals surface area contributed by atoms with E-state index in [1.54, 1.807) is 0 Å². The Labute approximate surface area is 149 Å². The summed E-state index contributed by atoms with van der Waals surface area (Å²) in [5.74, 6) is 0.913. The lowest BCUT2D eigenvalue weighted by Gasteiger charge is -2.34. The van der Waals surface area contributed by atoms with Crippen LogP contribution in [0, 0.1) is 0 Å². The van der Waals surface area contributed by atoms with Gasteiger partial charge in [-0.1, -0.05) is 24.3 Å². The third-order valence-corrected chi connectivity index (χ3v) is 4.18. The van der Waals surface area contributed by atoms with Crippen molar-refractivity contribution in [3.05, 3.63) is 41.7 Å². The van der Waals surface area contributed by atoms with E-state index in [4.69, 9.17) is 9.47 Å². The van der Waals surface area contributed by atoms with Gasteiger partial charge >= 0.3 is 0 Å². The van der Waals surface area contributed by atoms with E-state index in [0.29, 0.717) is 6.54 Å². The zero-order valence-corrected chi connectivity index (χ0v) is 15.4. The summed E-state index contributed by atoms with van der Waals surface area (Å²) in [4.78, 5) is 2.38. The summed E-state index contributed by atoms with van der Waals surface area (Å²) in [7, 11) is 0. The molecule has 0 N–H and O–H groups in total. The second-order valence-electron chi connectivity index (χ2n) is 6.85. The number of nitrogens with zero attached hydrogens (tertiary/aromatic N) is 4. The lowest BCUT2D eigenvalue weighted by atomic mass is 10.2. The van der Waals surface area contributed by atoms with Gasteiger partial charge in [-0.25, -0.2) is 4.68 Å². The van der Waals surface area contributed by atoms with Crippen molar-refractivity contribution in [1.82, 2.24) is 19.9 Å². The first-order chi connectivity index (χ1) is 12.1. The van der Waals surface area contributed by atoms with Gasteiger partial charge in [-0.15, -0.1) is 5.10 Å². The summed E-state index contributed by atoms with van der Waals surface area (Å²) < 4.78 is 13.4. The Morgan fingerprint density at radius 2 is 2.00 bits per heavy atom. The van der Waals surface area contributed by atoms with Crippen LogP contribution in [0.3, 0.4) is 0 Å². The summed E-state index contributed by atoms with van der Waals surface area (Å²) in [6.45, 7) is 10.5. The molecule has 1 aromatic carbocycles. The molecule has 1 aromatic heterocycles. The van der Waals surface area contributed by atoms with Gasteiger partial charge in [0.2, 0.25) is 0 Å². The van der Waals surface area contributed by atoms with E-state index in [2.05, 4.69) is 48.1 Å². The van der Waals surface area contributed by atoms with Gasteiger partial charge in [0.25, 0.3) is 0 Å². The van der Waals surface area contributed by atoms with Crippen LogP contribution in [-0.2, 0) is 17.8 Å². The Morgan fingerprint density at radius 1 is 1.20 bits per heavy atom. The van der Waals surface area contributed by atoms with Crippen molar-refractivity contribution >= 4 is 0 Å². The van der Waals surface area contributed by atoms with Crippen molar-refractivity contribution in [2.75, 3.05) is 19.7 Å². The SMILES string of the molecule is CCCOc1cccc(Cn2cc(CN3C[C@@H](C)O[C@@H](C)C3)nn2)c1. The fourth-order valence-electron chi connectivity index (χ4n) is 3.27.